The Hall–Kier alpha value is -2.91. The highest BCUT2D eigenvalue weighted by atomic mass is 35.5. The van der Waals surface area contributed by atoms with E-state index >= 15 is 0 Å². The second-order valence-corrected chi connectivity index (χ2v) is 14.0. The Labute approximate surface area is 253 Å². The molecule has 1 aromatic carbocycles. The number of ether oxygens (including phenoxy) is 1. The molecule has 3 heterocycles. The molecule has 2 aliphatic carbocycles. The number of hydrogen-bond acceptors (Lipinski definition) is 7. The number of piperazine rings is 1. The largest absolute Gasteiger partial charge is 0.444 e. The van der Waals surface area contributed by atoms with Gasteiger partial charge in [0, 0.05) is 43.3 Å². The zero-order valence-electron chi connectivity index (χ0n) is 25.1. The van der Waals surface area contributed by atoms with Gasteiger partial charge in [-0.3, -0.25) is 4.79 Å². The van der Waals surface area contributed by atoms with Crippen LogP contribution in [-0.4, -0.2) is 81.2 Å². The number of halogens is 1. The second kappa shape index (κ2) is 11.0. The van der Waals surface area contributed by atoms with Crippen molar-refractivity contribution < 1.29 is 19.4 Å². The van der Waals surface area contributed by atoms with Gasteiger partial charge < -0.3 is 24.5 Å². The molecule has 3 fully saturated rings. The molecule has 6 rings (SSSR count). The van der Waals surface area contributed by atoms with E-state index in [2.05, 4.69) is 21.8 Å². The van der Waals surface area contributed by atoms with Crippen LogP contribution in [0.5, 0.6) is 0 Å². The monoisotopic (exact) mass is 595 g/mol. The van der Waals surface area contributed by atoms with Gasteiger partial charge in [0.05, 0.1) is 23.8 Å². The lowest BCUT2D eigenvalue weighted by Gasteiger charge is -2.49. The third kappa shape index (κ3) is 5.23. The molecule has 4 atom stereocenters. The summed E-state index contributed by atoms with van der Waals surface area (Å²) in [4.78, 5) is 43.1. The van der Waals surface area contributed by atoms with Crippen LogP contribution in [0.2, 0.25) is 5.02 Å². The second-order valence-electron chi connectivity index (χ2n) is 13.6. The Balaban J connectivity index is 1.28. The van der Waals surface area contributed by atoms with Crippen molar-refractivity contribution in [2.75, 3.05) is 37.6 Å². The lowest BCUT2D eigenvalue weighted by Crippen LogP contribution is -2.57. The van der Waals surface area contributed by atoms with Crippen LogP contribution in [0.4, 0.5) is 10.6 Å². The average molecular weight is 596 g/mol. The van der Waals surface area contributed by atoms with E-state index in [0.29, 0.717) is 44.2 Å². The number of amides is 2. The van der Waals surface area contributed by atoms with E-state index in [9.17, 15) is 14.7 Å². The number of carbonyl (C=O) groups excluding carboxylic acids is 2. The average Bonchev–Trinajstić information content (AvgIpc) is 3.47. The lowest BCUT2D eigenvalue weighted by molar-refractivity contribution is -0.136. The number of aliphatic hydroxyl groups excluding tert-OH is 1. The minimum absolute atomic E-state index is 0.0420. The van der Waals surface area contributed by atoms with Crippen LogP contribution in [0.1, 0.15) is 94.6 Å². The molecule has 10 heteroatoms. The number of aromatic nitrogens is 2. The fourth-order valence-corrected chi connectivity index (χ4v) is 7.74. The predicted molar refractivity (Wildman–Crippen MR) is 161 cm³/mol. The third-order valence-corrected chi connectivity index (χ3v) is 10.0. The SMILES string of the molecule is C[C@@H]1C[C@@H](O)c2ncnc(N3CCN(C(=O)[C@@H](c4ccc(Cl)cc4)[C@H]4N(C(=O)OC(C)(C)C)CCC45CCC5)CC3)c21. The Morgan fingerprint density at radius 2 is 1.74 bits per heavy atom. The fraction of sp³-hybridized carbons (Fsp3) is 0.625. The number of rotatable bonds is 4. The standard InChI is InChI=1S/C32H42ClN5O4/c1-20-18-23(39)26-24(20)28(35-19-34-26)36-14-16-37(17-15-36)29(40)25(21-6-8-22(33)9-7-21)27-32(10-5-11-32)12-13-38(27)30(41)42-31(2,3)4/h6-9,19-20,23,25,27,39H,5,10-18H2,1-4H3/t20-,23-,25+,27-/m1/s1. The quantitative estimate of drug-likeness (QED) is 0.513. The van der Waals surface area contributed by atoms with Gasteiger partial charge in [-0.2, -0.15) is 0 Å². The maximum atomic E-state index is 14.6. The topological polar surface area (TPSA) is 99.1 Å². The minimum Gasteiger partial charge on any atom is -0.444 e. The summed E-state index contributed by atoms with van der Waals surface area (Å²) < 4.78 is 5.86. The van der Waals surface area contributed by atoms with Crippen LogP contribution in [0, 0.1) is 5.41 Å². The molecular formula is C32H42ClN5O4. The third-order valence-electron chi connectivity index (χ3n) is 9.77. The smallest absolute Gasteiger partial charge is 0.410 e. The summed E-state index contributed by atoms with van der Waals surface area (Å²) in [5, 5.41) is 11.1. The van der Waals surface area contributed by atoms with Gasteiger partial charge >= 0.3 is 6.09 Å². The van der Waals surface area contributed by atoms with Crippen molar-refractivity contribution in [2.45, 2.75) is 89.4 Å². The first kappa shape index (κ1) is 29.2. The summed E-state index contributed by atoms with van der Waals surface area (Å²) in [5.41, 5.74) is 1.92. The van der Waals surface area contributed by atoms with Crippen molar-refractivity contribution in [1.29, 1.82) is 0 Å². The molecule has 42 heavy (non-hydrogen) atoms. The predicted octanol–water partition coefficient (Wildman–Crippen LogP) is 5.28. The highest BCUT2D eigenvalue weighted by Gasteiger charge is 2.58. The van der Waals surface area contributed by atoms with Crippen LogP contribution in [0.15, 0.2) is 30.6 Å². The maximum Gasteiger partial charge on any atom is 0.410 e. The summed E-state index contributed by atoms with van der Waals surface area (Å²) in [7, 11) is 0. The van der Waals surface area contributed by atoms with Gasteiger partial charge in [-0.1, -0.05) is 37.1 Å². The van der Waals surface area contributed by atoms with Crippen LogP contribution >= 0.6 is 11.6 Å². The van der Waals surface area contributed by atoms with Gasteiger partial charge in [0.15, 0.2) is 0 Å². The summed E-state index contributed by atoms with van der Waals surface area (Å²) in [5.74, 6) is 0.578. The Kier molecular flexibility index (Phi) is 7.63. The van der Waals surface area contributed by atoms with Gasteiger partial charge in [0.25, 0.3) is 0 Å². The highest BCUT2D eigenvalue weighted by Crippen LogP contribution is 2.56. The first-order valence-electron chi connectivity index (χ1n) is 15.3. The maximum absolute atomic E-state index is 14.6. The summed E-state index contributed by atoms with van der Waals surface area (Å²) in [6.45, 7) is 10.7. The van der Waals surface area contributed by atoms with Gasteiger partial charge in [-0.25, -0.2) is 14.8 Å². The van der Waals surface area contributed by atoms with Crippen molar-refractivity contribution >= 4 is 29.4 Å². The van der Waals surface area contributed by atoms with Crippen molar-refractivity contribution in [3.63, 3.8) is 0 Å². The van der Waals surface area contributed by atoms with E-state index in [1.165, 1.54) is 6.33 Å². The zero-order valence-corrected chi connectivity index (χ0v) is 25.8. The van der Waals surface area contributed by atoms with E-state index in [4.69, 9.17) is 16.3 Å². The molecule has 0 radical (unpaired) electrons. The van der Waals surface area contributed by atoms with Crippen molar-refractivity contribution in [3.05, 3.63) is 52.4 Å². The molecule has 9 nitrogen and oxygen atoms in total. The number of anilines is 1. The van der Waals surface area contributed by atoms with Crippen molar-refractivity contribution in [2.24, 2.45) is 5.41 Å². The van der Waals surface area contributed by atoms with Crippen LogP contribution in [0.3, 0.4) is 0 Å². The molecule has 1 aromatic heterocycles. The zero-order chi connectivity index (χ0) is 29.8. The number of carbonyl (C=O) groups is 2. The van der Waals surface area contributed by atoms with Crippen LogP contribution < -0.4 is 4.90 Å². The highest BCUT2D eigenvalue weighted by molar-refractivity contribution is 6.30. The molecule has 1 N–H and O–H groups in total. The Morgan fingerprint density at radius 3 is 2.36 bits per heavy atom. The first-order valence-corrected chi connectivity index (χ1v) is 15.7. The van der Waals surface area contributed by atoms with E-state index in [0.717, 1.165) is 48.3 Å². The summed E-state index contributed by atoms with van der Waals surface area (Å²) in [6.07, 6.45) is 5.28. The lowest BCUT2D eigenvalue weighted by atomic mass is 9.60. The Morgan fingerprint density at radius 1 is 1.05 bits per heavy atom. The van der Waals surface area contributed by atoms with E-state index in [1.807, 2.05) is 54.8 Å². The Bertz CT molecular complexity index is 1330. The van der Waals surface area contributed by atoms with Crippen molar-refractivity contribution in [1.82, 2.24) is 19.8 Å². The van der Waals surface area contributed by atoms with Crippen molar-refractivity contribution in [3.8, 4) is 0 Å². The molecule has 226 valence electrons. The number of hydrogen-bond donors (Lipinski definition) is 1. The molecule has 1 saturated carbocycles. The molecule has 2 amide bonds. The number of likely N-dealkylation sites (tertiary alicyclic amines) is 1. The van der Waals surface area contributed by atoms with Gasteiger partial charge in [0.2, 0.25) is 5.91 Å². The minimum atomic E-state index is -0.623. The number of nitrogens with zero attached hydrogens (tertiary/aromatic N) is 5. The summed E-state index contributed by atoms with van der Waals surface area (Å²) in [6, 6.07) is 7.27. The van der Waals surface area contributed by atoms with Gasteiger partial charge in [-0.05, 0) is 75.5 Å². The molecule has 2 aliphatic heterocycles. The summed E-state index contributed by atoms with van der Waals surface area (Å²) >= 11 is 6.27. The molecule has 1 spiro atoms. The van der Waals surface area contributed by atoms with Gasteiger partial charge in [-0.15, -0.1) is 0 Å². The first-order chi connectivity index (χ1) is 20.0. The van der Waals surface area contributed by atoms with Gasteiger partial charge in [0.1, 0.15) is 17.7 Å². The van der Waals surface area contributed by atoms with Crippen LogP contribution in [0.25, 0.3) is 0 Å². The molecule has 0 unspecified atom stereocenters. The number of fused-ring (bicyclic) bond motifs is 1. The normalized spacial score (nSPS) is 25.8. The van der Waals surface area contributed by atoms with E-state index in [-0.39, 0.29) is 29.4 Å². The number of benzene rings is 1. The molecule has 0 bridgehead atoms. The van der Waals surface area contributed by atoms with E-state index < -0.39 is 17.6 Å². The molecular weight excluding hydrogens is 554 g/mol. The molecule has 4 aliphatic rings. The van der Waals surface area contributed by atoms with E-state index in [1.54, 1.807) is 0 Å². The fourth-order valence-electron chi connectivity index (χ4n) is 7.62. The molecule has 2 aromatic rings. The number of aliphatic hydroxyl groups is 1. The molecule has 2 saturated heterocycles. The van der Waals surface area contributed by atoms with Crippen LogP contribution in [-0.2, 0) is 9.53 Å².